The third-order valence-electron chi connectivity index (χ3n) is 2.67. The van der Waals surface area contributed by atoms with Crippen LogP contribution >= 0.6 is 0 Å². The highest BCUT2D eigenvalue weighted by Gasteiger charge is 2.32. The molecule has 0 aliphatic carbocycles. The summed E-state index contributed by atoms with van der Waals surface area (Å²) in [6, 6.07) is 0.231. The number of fused-ring (bicyclic) bond motifs is 1. The molecule has 1 aromatic rings. The summed E-state index contributed by atoms with van der Waals surface area (Å²) in [4.78, 5) is 11.5. The van der Waals surface area contributed by atoms with E-state index in [9.17, 15) is 10.0 Å². The van der Waals surface area contributed by atoms with Crippen LogP contribution < -0.4 is 5.06 Å². The third-order valence-corrected chi connectivity index (χ3v) is 2.67. The maximum absolute atomic E-state index is 11.5. The normalized spacial score (nSPS) is 21.0. The quantitative estimate of drug-likeness (QED) is 0.711. The van der Waals surface area contributed by atoms with Gasteiger partial charge in [-0.05, 0) is 20.3 Å². The molecular formula is C10H15N3O2. The summed E-state index contributed by atoms with van der Waals surface area (Å²) in [7, 11) is 0. The fourth-order valence-corrected chi connectivity index (χ4v) is 1.74. The van der Waals surface area contributed by atoms with Crippen molar-refractivity contribution < 1.29 is 10.0 Å². The molecule has 1 unspecified atom stereocenters. The third kappa shape index (κ3) is 1.52. The lowest BCUT2D eigenvalue weighted by Gasteiger charge is -2.23. The van der Waals surface area contributed by atoms with Gasteiger partial charge in [-0.2, -0.15) is 10.2 Å². The minimum absolute atomic E-state index is 0.174. The second kappa shape index (κ2) is 3.34. The molecule has 0 saturated heterocycles. The first kappa shape index (κ1) is 10.2. The van der Waals surface area contributed by atoms with Gasteiger partial charge in [-0.3, -0.25) is 14.7 Å². The van der Waals surface area contributed by atoms with E-state index in [1.807, 2.05) is 20.0 Å². The van der Waals surface area contributed by atoms with Crippen LogP contribution in [0.3, 0.4) is 0 Å². The monoisotopic (exact) mass is 209 g/mol. The minimum Gasteiger partial charge on any atom is -0.279 e. The molecule has 0 fully saturated rings. The molecule has 0 aromatic carbocycles. The molecule has 2 heterocycles. The number of hydrogen-bond acceptors (Lipinski definition) is 3. The molecule has 0 bridgehead atoms. The molecule has 1 aliphatic heterocycles. The maximum atomic E-state index is 11.5. The molecule has 1 aromatic heterocycles. The first-order chi connectivity index (χ1) is 7.00. The van der Waals surface area contributed by atoms with Gasteiger partial charge >= 0.3 is 0 Å². The summed E-state index contributed by atoms with van der Waals surface area (Å²) in [6.07, 6.45) is 2.55. The number of hydrogen-bond donors (Lipinski definition) is 1. The zero-order chi connectivity index (χ0) is 11.2. The molecule has 1 atom stereocenters. The molecular weight excluding hydrogens is 194 g/mol. The van der Waals surface area contributed by atoms with Gasteiger partial charge in [-0.25, -0.2) is 0 Å². The molecule has 5 nitrogen and oxygen atoms in total. The molecule has 0 saturated carbocycles. The first-order valence-electron chi connectivity index (χ1n) is 5.11. The number of hydroxylamine groups is 1. The number of amides is 1. The van der Waals surface area contributed by atoms with Crippen LogP contribution in [0.5, 0.6) is 0 Å². The Labute approximate surface area is 88.3 Å². The van der Waals surface area contributed by atoms with E-state index < -0.39 is 0 Å². The SMILES string of the molecule is CC1Cc2cn(C(C)C)nc2N(O)C1=O. The van der Waals surface area contributed by atoms with Crippen LogP contribution in [0.1, 0.15) is 32.4 Å². The smallest absolute Gasteiger partial charge is 0.255 e. The van der Waals surface area contributed by atoms with E-state index >= 15 is 0 Å². The predicted octanol–water partition coefficient (Wildman–Crippen LogP) is 1.38. The summed E-state index contributed by atoms with van der Waals surface area (Å²) in [5, 5.41) is 14.5. The van der Waals surface area contributed by atoms with Crippen LogP contribution in [0.4, 0.5) is 5.82 Å². The topological polar surface area (TPSA) is 58.4 Å². The minimum atomic E-state index is -0.281. The lowest BCUT2D eigenvalue weighted by molar-refractivity contribution is -0.127. The Morgan fingerprint density at radius 3 is 2.87 bits per heavy atom. The van der Waals surface area contributed by atoms with Crippen LogP contribution in [-0.2, 0) is 11.2 Å². The number of anilines is 1. The fourth-order valence-electron chi connectivity index (χ4n) is 1.74. The Kier molecular flexibility index (Phi) is 2.26. The zero-order valence-electron chi connectivity index (χ0n) is 9.14. The molecule has 1 N–H and O–H groups in total. The maximum Gasteiger partial charge on any atom is 0.255 e. The van der Waals surface area contributed by atoms with Crippen LogP contribution in [0, 0.1) is 5.92 Å². The van der Waals surface area contributed by atoms with Crippen molar-refractivity contribution in [2.45, 2.75) is 33.2 Å². The first-order valence-corrected chi connectivity index (χ1v) is 5.11. The van der Waals surface area contributed by atoms with Crippen molar-refractivity contribution in [2.24, 2.45) is 5.92 Å². The molecule has 0 spiro atoms. The van der Waals surface area contributed by atoms with E-state index in [0.29, 0.717) is 17.3 Å². The molecule has 82 valence electrons. The molecule has 1 aliphatic rings. The average molecular weight is 209 g/mol. The van der Waals surface area contributed by atoms with Gasteiger partial charge in [0.15, 0.2) is 5.82 Å². The van der Waals surface area contributed by atoms with E-state index in [-0.39, 0.29) is 17.9 Å². The van der Waals surface area contributed by atoms with Crippen molar-refractivity contribution in [3.05, 3.63) is 11.8 Å². The Morgan fingerprint density at radius 1 is 1.60 bits per heavy atom. The molecule has 15 heavy (non-hydrogen) atoms. The summed E-state index contributed by atoms with van der Waals surface area (Å²) < 4.78 is 1.76. The van der Waals surface area contributed by atoms with Gasteiger partial charge in [0.25, 0.3) is 5.91 Å². The van der Waals surface area contributed by atoms with Gasteiger partial charge in [0.1, 0.15) is 0 Å². The standard InChI is InChI=1S/C10H15N3O2/c1-6(2)12-5-8-4-7(3)10(14)13(15)9(8)11-12/h5-7,15H,4H2,1-3H3. The highest BCUT2D eigenvalue weighted by atomic mass is 16.5. The summed E-state index contributed by atoms with van der Waals surface area (Å²) >= 11 is 0. The van der Waals surface area contributed by atoms with E-state index in [1.165, 1.54) is 0 Å². The van der Waals surface area contributed by atoms with Gasteiger partial charge in [-0.15, -0.1) is 0 Å². The molecule has 2 rings (SSSR count). The molecule has 5 heteroatoms. The molecule has 1 amide bonds. The zero-order valence-corrected chi connectivity index (χ0v) is 9.14. The second-order valence-electron chi connectivity index (χ2n) is 4.31. The number of aromatic nitrogens is 2. The van der Waals surface area contributed by atoms with E-state index in [1.54, 1.807) is 11.6 Å². The second-order valence-corrected chi connectivity index (χ2v) is 4.31. The van der Waals surface area contributed by atoms with Crippen molar-refractivity contribution in [2.75, 3.05) is 5.06 Å². The summed E-state index contributed by atoms with van der Waals surface area (Å²) in [5.41, 5.74) is 0.929. The fraction of sp³-hybridized carbons (Fsp3) is 0.600. The van der Waals surface area contributed by atoms with Crippen molar-refractivity contribution in [1.82, 2.24) is 9.78 Å². The number of carbonyl (C=O) groups excluding carboxylic acids is 1. The van der Waals surface area contributed by atoms with Crippen LogP contribution in [0.15, 0.2) is 6.20 Å². The highest BCUT2D eigenvalue weighted by molar-refractivity contribution is 5.94. The van der Waals surface area contributed by atoms with Crippen molar-refractivity contribution in [1.29, 1.82) is 0 Å². The van der Waals surface area contributed by atoms with Crippen molar-refractivity contribution >= 4 is 11.7 Å². The van der Waals surface area contributed by atoms with Crippen LogP contribution in [-0.4, -0.2) is 20.9 Å². The number of carbonyl (C=O) groups is 1. The Morgan fingerprint density at radius 2 is 2.27 bits per heavy atom. The Bertz CT molecular complexity index is 397. The van der Waals surface area contributed by atoms with Gasteiger partial charge in [-0.1, -0.05) is 6.92 Å². The number of nitrogens with zero attached hydrogens (tertiary/aromatic N) is 3. The van der Waals surface area contributed by atoms with Gasteiger partial charge in [0, 0.05) is 23.7 Å². The summed E-state index contributed by atoms with van der Waals surface area (Å²) in [5.74, 6) is -0.0735. The lowest BCUT2D eigenvalue weighted by atomic mass is 9.98. The van der Waals surface area contributed by atoms with Gasteiger partial charge < -0.3 is 0 Å². The largest absolute Gasteiger partial charge is 0.279 e. The number of rotatable bonds is 1. The lowest BCUT2D eigenvalue weighted by Crippen LogP contribution is -2.37. The summed E-state index contributed by atoms with van der Waals surface area (Å²) in [6.45, 7) is 5.82. The van der Waals surface area contributed by atoms with E-state index in [0.717, 1.165) is 5.56 Å². The Balaban J connectivity index is 2.43. The van der Waals surface area contributed by atoms with Gasteiger partial charge in [0.2, 0.25) is 0 Å². The van der Waals surface area contributed by atoms with Gasteiger partial charge in [0.05, 0.1) is 0 Å². The average Bonchev–Trinajstić information content (AvgIpc) is 2.58. The van der Waals surface area contributed by atoms with Crippen LogP contribution in [0.2, 0.25) is 0 Å². The van der Waals surface area contributed by atoms with Crippen molar-refractivity contribution in [3.8, 4) is 0 Å². The predicted molar refractivity (Wildman–Crippen MR) is 54.8 cm³/mol. The molecule has 0 radical (unpaired) electrons. The van der Waals surface area contributed by atoms with E-state index in [2.05, 4.69) is 5.10 Å². The van der Waals surface area contributed by atoms with Crippen LogP contribution in [0.25, 0.3) is 0 Å². The van der Waals surface area contributed by atoms with E-state index in [4.69, 9.17) is 0 Å². The highest BCUT2D eigenvalue weighted by Crippen LogP contribution is 2.28. The van der Waals surface area contributed by atoms with Crippen molar-refractivity contribution in [3.63, 3.8) is 0 Å². The Hall–Kier alpha value is -1.36.